The molecule has 76 valence electrons. The molecule has 1 saturated carbocycles. The van der Waals surface area contributed by atoms with Gasteiger partial charge < -0.3 is 0 Å². The van der Waals surface area contributed by atoms with E-state index in [-0.39, 0.29) is 0 Å². The maximum atomic E-state index is 3.55. The van der Waals surface area contributed by atoms with Gasteiger partial charge in [0.25, 0.3) is 0 Å². The first-order valence-corrected chi connectivity index (χ1v) is 5.63. The lowest BCUT2D eigenvalue weighted by Gasteiger charge is -1.84. The zero-order valence-electron chi connectivity index (χ0n) is 9.31. The molecule has 0 aromatic carbocycles. The highest BCUT2D eigenvalue weighted by molar-refractivity contribution is 5.15. The van der Waals surface area contributed by atoms with Gasteiger partial charge in [0.05, 0.1) is 0 Å². The van der Waals surface area contributed by atoms with Gasteiger partial charge in [0.15, 0.2) is 0 Å². The number of hydrogen-bond acceptors (Lipinski definition) is 0. The largest absolute Gasteiger partial charge is 0.103 e. The number of rotatable bonds is 5. The third-order valence-corrected chi connectivity index (χ3v) is 2.02. The van der Waals surface area contributed by atoms with Gasteiger partial charge in [-0.05, 0) is 25.7 Å². The van der Waals surface area contributed by atoms with Crippen molar-refractivity contribution in [1.29, 1.82) is 0 Å². The standard InChI is InChI=1S/C8H14.C5H10/c1-2-3-4-5-8-6-7-8;1-3-5-4-2/h5H,2-4,6-7H2,1H3;3H,1,4-5H2,2H3. The predicted octanol–water partition coefficient (Wildman–Crippen LogP) is 4.87. The first-order valence-electron chi connectivity index (χ1n) is 5.63. The molecule has 0 radical (unpaired) electrons. The van der Waals surface area contributed by atoms with Crippen LogP contribution >= 0.6 is 0 Å². The highest BCUT2D eigenvalue weighted by Gasteiger charge is 2.08. The molecule has 0 atom stereocenters. The smallest absolute Gasteiger partial charge is 0.0283 e. The monoisotopic (exact) mass is 180 g/mol. The second-order valence-electron chi connectivity index (χ2n) is 3.58. The van der Waals surface area contributed by atoms with Gasteiger partial charge in [-0.25, -0.2) is 0 Å². The Labute approximate surface area is 83.7 Å². The van der Waals surface area contributed by atoms with E-state index >= 15 is 0 Å². The van der Waals surface area contributed by atoms with Crippen LogP contribution in [0.2, 0.25) is 0 Å². The van der Waals surface area contributed by atoms with E-state index in [9.17, 15) is 0 Å². The summed E-state index contributed by atoms with van der Waals surface area (Å²) in [6.45, 7) is 7.93. The van der Waals surface area contributed by atoms with Crippen LogP contribution in [0, 0.1) is 0 Å². The minimum Gasteiger partial charge on any atom is -0.103 e. The third kappa shape index (κ3) is 11.5. The van der Waals surface area contributed by atoms with Gasteiger partial charge in [0, 0.05) is 0 Å². The summed E-state index contributed by atoms with van der Waals surface area (Å²) in [4.78, 5) is 0. The topological polar surface area (TPSA) is 0 Å². The lowest BCUT2D eigenvalue weighted by atomic mass is 10.2. The molecule has 0 N–H and O–H groups in total. The zero-order chi connectivity index (χ0) is 9.94. The van der Waals surface area contributed by atoms with Crippen LogP contribution in [-0.4, -0.2) is 0 Å². The van der Waals surface area contributed by atoms with Gasteiger partial charge in [-0.1, -0.05) is 50.8 Å². The summed E-state index contributed by atoms with van der Waals surface area (Å²) < 4.78 is 0. The van der Waals surface area contributed by atoms with Crippen LogP contribution in [0.25, 0.3) is 0 Å². The molecule has 0 saturated heterocycles. The van der Waals surface area contributed by atoms with E-state index in [1.807, 2.05) is 6.08 Å². The van der Waals surface area contributed by atoms with Gasteiger partial charge in [-0.2, -0.15) is 0 Å². The molecule has 0 unspecified atom stereocenters. The Morgan fingerprint density at radius 2 is 1.85 bits per heavy atom. The second-order valence-corrected chi connectivity index (χ2v) is 3.58. The van der Waals surface area contributed by atoms with E-state index in [2.05, 4.69) is 26.5 Å². The van der Waals surface area contributed by atoms with Crippen molar-refractivity contribution in [2.75, 3.05) is 0 Å². The molecular weight excluding hydrogens is 156 g/mol. The van der Waals surface area contributed by atoms with Crippen molar-refractivity contribution in [2.45, 2.75) is 58.8 Å². The Morgan fingerprint density at radius 1 is 1.15 bits per heavy atom. The van der Waals surface area contributed by atoms with E-state index in [1.54, 1.807) is 5.57 Å². The Hall–Kier alpha value is -0.520. The molecule has 0 heteroatoms. The van der Waals surface area contributed by atoms with Crippen molar-refractivity contribution in [3.05, 3.63) is 24.3 Å². The molecule has 0 aromatic rings. The minimum absolute atomic E-state index is 1.15. The average molecular weight is 180 g/mol. The highest BCUT2D eigenvalue weighted by Crippen LogP contribution is 2.28. The molecule has 0 bridgehead atoms. The molecule has 0 amide bonds. The van der Waals surface area contributed by atoms with Gasteiger partial charge in [-0.3, -0.25) is 0 Å². The van der Waals surface area contributed by atoms with Crippen LogP contribution in [0.3, 0.4) is 0 Å². The van der Waals surface area contributed by atoms with Crippen LogP contribution in [0.4, 0.5) is 0 Å². The Kier molecular flexibility index (Phi) is 9.18. The molecule has 0 aromatic heterocycles. The molecule has 1 fully saturated rings. The summed E-state index contributed by atoms with van der Waals surface area (Å²) in [6.07, 6.45) is 13.5. The fourth-order valence-corrected chi connectivity index (χ4v) is 0.991. The summed E-state index contributed by atoms with van der Waals surface area (Å²) in [5, 5.41) is 0. The molecule has 0 aliphatic heterocycles. The van der Waals surface area contributed by atoms with Crippen LogP contribution in [0.15, 0.2) is 24.3 Å². The van der Waals surface area contributed by atoms with Crippen molar-refractivity contribution in [2.24, 2.45) is 0 Å². The van der Waals surface area contributed by atoms with E-state index < -0.39 is 0 Å². The van der Waals surface area contributed by atoms with Gasteiger partial charge in [0.2, 0.25) is 0 Å². The number of allylic oxidation sites excluding steroid dienone is 3. The lowest BCUT2D eigenvalue weighted by Crippen LogP contribution is -1.64. The normalized spacial score (nSPS) is 12.9. The Bertz CT molecular complexity index is 136. The van der Waals surface area contributed by atoms with Crippen molar-refractivity contribution >= 4 is 0 Å². The first-order chi connectivity index (χ1) is 6.35. The van der Waals surface area contributed by atoms with Crippen molar-refractivity contribution in [3.63, 3.8) is 0 Å². The summed E-state index contributed by atoms with van der Waals surface area (Å²) in [7, 11) is 0. The maximum Gasteiger partial charge on any atom is -0.0283 e. The second kappa shape index (κ2) is 9.57. The fraction of sp³-hybridized carbons (Fsp3) is 0.692. The van der Waals surface area contributed by atoms with Crippen LogP contribution in [0.1, 0.15) is 58.8 Å². The van der Waals surface area contributed by atoms with Crippen LogP contribution in [-0.2, 0) is 0 Å². The van der Waals surface area contributed by atoms with E-state index in [0.717, 1.165) is 6.42 Å². The number of hydrogen-bond donors (Lipinski definition) is 0. The van der Waals surface area contributed by atoms with E-state index in [0.29, 0.717) is 0 Å². The quantitative estimate of drug-likeness (QED) is 0.418. The average Bonchev–Trinajstić information content (AvgIpc) is 2.91. The van der Waals surface area contributed by atoms with Gasteiger partial charge in [-0.15, -0.1) is 6.58 Å². The predicted molar refractivity (Wildman–Crippen MR) is 61.9 cm³/mol. The SMILES string of the molecule is C=CCCC.CCCCC=C1CC1. The molecule has 1 aliphatic carbocycles. The van der Waals surface area contributed by atoms with Crippen molar-refractivity contribution < 1.29 is 0 Å². The Morgan fingerprint density at radius 3 is 2.15 bits per heavy atom. The molecular formula is C13H24. The molecule has 13 heavy (non-hydrogen) atoms. The molecule has 1 aliphatic rings. The lowest BCUT2D eigenvalue weighted by molar-refractivity contribution is 0.813. The van der Waals surface area contributed by atoms with Crippen LogP contribution < -0.4 is 0 Å². The molecule has 1 rings (SSSR count). The maximum absolute atomic E-state index is 3.55. The highest BCUT2D eigenvalue weighted by atomic mass is 14.1. The van der Waals surface area contributed by atoms with Crippen molar-refractivity contribution in [3.8, 4) is 0 Å². The Balaban J connectivity index is 0.000000252. The zero-order valence-corrected chi connectivity index (χ0v) is 9.31. The third-order valence-electron chi connectivity index (χ3n) is 2.02. The first kappa shape index (κ1) is 12.5. The van der Waals surface area contributed by atoms with Gasteiger partial charge in [0.1, 0.15) is 0 Å². The summed E-state index contributed by atoms with van der Waals surface area (Å²) in [5.41, 5.74) is 1.69. The summed E-state index contributed by atoms with van der Waals surface area (Å²) >= 11 is 0. The summed E-state index contributed by atoms with van der Waals surface area (Å²) in [5.74, 6) is 0. The van der Waals surface area contributed by atoms with E-state index in [1.165, 1.54) is 38.5 Å². The van der Waals surface area contributed by atoms with E-state index in [4.69, 9.17) is 0 Å². The van der Waals surface area contributed by atoms with Crippen molar-refractivity contribution in [1.82, 2.24) is 0 Å². The minimum atomic E-state index is 1.15. The summed E-state index contributed by atoms with van der Waals surface area (Å²) in [6, 6.07) is 0. The molecule has 0 spiro atoms. The molecule has 0 heterocycles. The number of unbranched alkanes of at least 4 members (excludes halogenated alkanes) is 3. The fourth-order valence-electron chi connectivity index (χ4n) is 0.991. The van der Waals surface area contributed by atoms with Gasteiger partial charge >= 0.3 is 0 Å². The molecule has 0 nitrogen and oxygen atoms in total. The van der Waals surface area contributed by atoms with Crippen LogP contribution in [0.5, 0.6) is 0 Å².